The number of hydrogen-bond acceptors (Lipinski definition) is 5. The zero-order valence-electron chi connectivity index (χ0n) is 11.2. The number of anilines is 1. The van der Waals surface area contributed by atoms with E-state index in [1.165, 1.54) is 11.3 Å². The molecule has 1 aliphatic rings. The maximum Gasteiger partial charge on any atom is 0.315 e. The number of fused-ring (bicyclic) bond motifs is 1. The van der Waals surface area contributed by atoms with Crippen molar-refractivity contribution in [3.8, 4) is 0 Å². The fraction of sp³-hybridized carbons (Fsp3) is 0.200. The lowest BCUT2D eigenvalue weighted by Gasteiger charge is -2.21. The van der Waals surface area contributed by atoms with Gasteiger partial charge in [-0.25, -0.2) is 10.4 Å². The summed E-state index contributed by atoms with van der Waals surface area (Å²) in [6, 6.07) is 9.94. The van der Waals surface area contributed by atoms with E-state index >= 15 is 0 Å². The molecule has 3 aromatic rings. The van der Waals surface area contributed by atoms with Gasteiger partial charge in [0.05, 0.1) is 11.6 Å². The second-order valence-electron chi connectivity index (χ2n) is 5.02. The lowest BCUT2D eigenvalue weighted by Crippen LogP contribution is -2.38. The SMILES string of the molecule is O=C(c1ccsc1)N(Nc1nc2ccccc2o1)C1CC1. The molecule has 6 heteroatoms. The van der Waals surface area contributed by atoms with Gasteiger partial charge < -0.3 is 4.42 Å². The van der Waals surface area contributed by atoms with Crippen LogP contribution in [-0.2, 0) is 0 Å². The molecule has 21 heavy (non-hydrogen) atoms. The summed E-state index contributed by atoms with van der Waals surface area (Å²) in [7, 11) is 0. The number of hydrazine groups is 1. The lowest BCUT2D eigenvalue weighted by atomic mass is 10.3. The molecule has 4 rings (SSSR count). The first kappa shape index (κ1) is 12.4. The van der Waals surface area contributed by atoms with Crippen LogP contribution in [0.4, 0.5) is 6.01 Å². The van der Waals surface area contributed by atoms with Crippen molar-refractivity contribution < 1.29 is 9.21 Å². The highest BCUT2D eigenvalue weighted by molar-refractivity contribution is 7.08. The molecule has 106 valence electrons. The highest BCUT2D eigenvalue weighted by atomic mass is 32.1. The number of benzene rings is 1. The van der Waals surface area contributed by atoms with E-state index in [9.17, 15) is 4.79 Å². The van der Waals surface area contributed by atoms with Crippen LogP contribution >= 0.6 is 11.3 Å². The molecule has 0 unspecified atom stereocenters. The van der Waals surface area contributed by atoms with Crippen LogP contribution in [0, 0.1) is 0 Å². The van der Waals surface area contributed by atoms with Gasteiger partial charge in [0, 0.05) is 5.38 Å². The Labute approximate surface area is 125 Å². The predicted molar refractivity (Wildman–Crippen MR) is 81.1 cm³/mol. The number of aromatic nitrogens is 1. The molecular weight excluding hydrogens is 286 g/mol. The molecule has 0 spiro atoms. The third-order valence-corrected chi connectivity index (χ3v) is 4.09. The van der Waals surface area contributed by atoms with Crippen LogP contribution in [0.5, 0.6) is 0 Å². The molecule has 1 fully saturated rings. The van der Waals surface area contributed by atoms with Gasteiger partial charge in [-0.3, -0.25) is 4.79 Å². The van der Waals surface area contributed by atoms with Gasteiger partial charge in [-0.15, -0.1) is 0 Å². The number of para-hydroxylation sites is 2. The molecule has 0 aliphatic heterocycles. The highest BCUT2D eigenvalue weighted by Crippen LogP contribution is 2.29. The van der Waals surface area contributed by atoms with Gasteiger partial charge in [0.1, 0.15) is 5.52 Å². The molecule has 1 saturated carbocycles. The van der Waals surface area contributed by atoms with E-state index in [0.717, 1.165) is 18.4 Å². The van der Waals surface area contributed by atoms with Crippen molar-refractivity contribution >= 4 is 34.4 Å². The smallest absolute Gasteiger partial charge is 0.315 e. The molecule has 0 saturated heterocycles. The van der Waals surface area contributed by atoms with Crippen molar-refractivity contribution in [2.24, 2.45) is 0 Å². The van der Waals surface area contributed by atoms with Crippen LogP contribution in [0.15, 0.2) is 45.5 Å². The number of oxazole rings is 1. The first-order chi connectivity index (χ1) is 10.3. The minimum atomic E-state index is -0.0407. The van der Waals surface area contributed by atoms with E-state index in [0.29, 0.717) is 17.2 Å². The number of carbonyl (C=O) groups excluding carboxylic acids is 1. The summed E-state index contributed by atoms with van der Waals surface area (Å²) in [4.78, 5) is 16.9. The monoisotopic (exact) mass is 299 g/mol. The summed E-state index contributed by atoms with van der Waals surface area (Å²) < 4.78 is 5.63. The zero-order valence-corrected chi connectivity index (χ0v) is 12.0. The molecule has 0 radical (unpaired) electrons. The predicted octanol–water partition coefficient (Wildman–Crippen LogP) is 3.52. The number of amides is 1. The second-order valence-corrected chi connectivity index (χ2v) is 5.80. The van der Waals surface area contributed by atoms with Gasteiger partial charge in [0.2, 0.25) is 0 Å². The number of nitrogens with zero attached hydrogens (tertiary/aromatic N) is 2. The molecule has 1 aliphatic carbocycles. The Morgan fingerprint density at radius 3 is 2.90 bits per heavy atom. The largest absolute Gasteiger partial charge is 0.422 e. The highest BCUT2D eigenvalue weighted by Gasteiger charge is 2.34. The summed E-state index contributed by atoms with van der Waals surface area (Å²) in [5.41, 5.74) is 5.20. The van der Waals surface area contributed by atoms with Gasteiger partial charge in [-0.1, -0.05) is 12.1 Å². The minimum absolute atomic E-state index is 0.0407. The molecule has 5 nitrogen and oxygen atoms in total. The average Bonchev–Trinajstić information content (AvgIpc) is 3.04. The van der Waals surface area contributed by atoms with Gasteiger partial charge in [0.15, 0.2) is 5.58 Å². The van der Waals surface area contributed by atoms with Crippen LogP contribution in [-0.4, -0.2) is 21.9 Å². The second kappa shape index (κ2) is 4.89. The standard InChI is InChI=1S/C15H13N3O2S/c19-14(10-7-8-21-9-10)18(11-5-6-11)17-15-16-12-3-1-2-4-13(12)20-15/h1-4,7-9,11H,5-6H2,(H,16,17). The van der Waals surface area contributed by atoms with E-state index < -0.39 is 0 Å². The van der Waals surface area contributed by atoms with Crippen molar-refractivity contribution in [2.75, 3.05) is 5.43 Å². The average molecular weight is 299 g/mol. The number of hydrogen-bond donors (Lipinski definition) is 1. The van der Waals surface area contributed by atoms with E-state index in [4.69, 9.17) is 4.42 Å². The van der Waals surface area contributed by atoms with E-state index in [1.54, 1.807) is 5.01 Å². The van der Waals surface area contributed by atoms with Crippen molar-refractivity contribution in [2.45, 2.75) is 18.9 Å². The summed E-state index contributed by atoms with van der Waals surface area (Å²) in [5, 5.41) is 5.38. The number of carbonyl (C=O) groups is 1. The summed E-state index contributed by atoms with van der Waals surface area (Å²) in [5.74, 6) is -0.0407. The van der Waals surface area contributed by atoms with Crippen LogP contribution in [0.1, 0.15) is 23.2 Å². The molecule has 1 amide bonds. The van der Waals surface area contributed by atoms with Crippen molar-refractivity contribution in [1.29, 1.82) is 0 Å². The van der Waals surface area contributed by atoms with Gasteiger partial charge >= 0.3 is 6.01 Å². The molecule has 1 aromatic carbocycles. The fourth-order valence-electron chi connectivity index (χ4n) is 2.19. The Bertz CT molecular complexity index is 744. The normalized spacial score (nSPS) is 14.3. The fourth-order valence-corrected chi connectivity index (χ4v) is 2.82. The van der Waals surface area contributed by atoms with Crippen molar-refractivity contribution in [3.63, 3.8) is 0 Å². The first-order valence-corrected chi connectivity index (χ1v) is 7.73. The lowest BCUT2D eigenvalue weighted by molar-refractivity contribution is 0.0779. The number of thiophene rings is 1. The van der Waals surface area contributed by atoms with Gasteiger partial charge in [-0.05, 0) is 36.4 Å². The van der Waals surface area contributed by atoms with Gasteiger partial charge in [-0.2, -0.15) is 16.3 Å². The zero-order chi connectivity index (χ0) is 14.2. The summed E-state index contributed by atoms with van der Waals surface area (Å²) >= 11 is 1.51. The summed E-state index contributed by atoms with van der Waals surface area (Å²) in [6.07, 6.45) is 2.01. The van der Waals surface area contributed by atoms with E-state index in [-0.39, 0.29) is 11.9 Å². The molecular formula is C15H13N3O2S. The maximum atomic E-state index is 12.5. The Kier molecular flexibility index (Phi) is 2.89. The maximum absolute atomic E-state index is 12.5. The Balaban J connectivity index is 1.61. The van der Waals surface area contributed by atoms with Crippen LogP contribution in [0.25, 0.3) is 11.1 Å². The summed E-state index contributed by atoms with van der Waals surface area (Å²) in [6.45, 7) is 0. The molecule has 0 atom stereocenters. The molecule has 1 N–H and O–H groups in total. The van der Waals surface area contributed by atoms with Crippen LogP contribution < -0.4 is 5.43 Å². The third-order valence-electron chi connectivity index (χ3n) is 3.41. The first-order valence-electron chi connectivity index (χ1n) is 6.79. The van der Waals surface area contributed by atoms with Crippen molar-refractivity contribution in [3.05, 3.63) is 46.7 Å². The van der Waals surface area contributed by atoms with E-state index in [1.807, 2.05) is 41.1 Å². The van der Waals surface area contributed by atoms with Crippen LogP contribution in [0.3, 0.4) is 0 Å². The van der Waals surface area contributed by atoms with E-state index in [2.05, 4.69) is 10.4 Å². The van der Waals surface area contributed by atoms with Crippen molar-refractivity contribution in [1.82, 2.24) is 9.99 Å². The Morgan fingerprint density at radius 2 is 2.19 bits per heavy atom. The molecule has 2 aromatic heterocycles. The Hall–Kier alpha value is -2.34. The molecule has 0 bridgehead atoms. The molecule has 2 heterocycles. The topological polar surface area (TPSA) is 58.4 Å². The van der Waals surface area contributed by atoms with Crippen LogP contribution in [0.2, 0.25) is 0 Å². The Morgan fingerprint density at radius 1 is 1.33 bits per heavy atom. The third kappa shape index (κ3) is 2.38. The number of rotatable bonds is 4. The van der Waals surface area contributed by atoms with Gasteiger partial charge in [0.25, 0.3) is 5.91 Å². The number of nitrogens with one attached hydrogen (secondary N) is 1. The quantitative estimate of drug-likeness (QED) is 0.749. The minimum Gasteiger partial charge on any atom is -0.422 e.